The Morgan fingerprint density at radius 2 is 1.05 bits per heavy atom. The molecule has 0 aromatic rings. The number of nitrogens with two attached hydrogens (primary N) is 3. The van der Waals surface area contributed by atoms with Crippen LogP contribution >= 0.6 is 0 Å². The molecule has 6 nitrogen and oxygen atoms in total. The van der Waals surface area contributed by atoms with Crippen molar-refractivity contribution < 1.29 is 14.2 Å². The second-order valence-corrected chi connectivity index (χ2v) is 4.96. The molecule has 0 aliphatic heterocycles. The molecule has 19 heavy (non-hydrogen) atoms. The van der Waals surface area contributed by atoms with E-state index in [1.165, 1.54) is 0 Å². The van der Waals surface area contributed by atoms with Crippen molar-refractivity contribution in [2.75, 3.05) is 33.0 Å². The summed E-state index contributed by atoms with van der Waals surface area (Å²) >= 11 is 0. The van der Waals surface area contributed by atoms with E-state index in [9.17, 15) is 0 Å². The molecule has 0 rings (SSSR count). The van der Waals surface area contributed by atoms with Gasteiger partial charge in [-0.05, 0) is 20.8 Å². The van der Waals surface area contributed by atoms with Crippen LogP contribution in [-0.2, 0) is 14.2 Å². The molecule has 0 heterocycles. The van der Waals surface area contributed by atoms with E-state index in [1.54, 1.807) is 0 Å². The molecular weight excluding hydrogens is 246 g/mol. The summed E-state index contributed by atoms with van der Waals surface area (Å²) in [6.07, 6.45) is -0.131. The summed E-state index contributed by atoms with van der Waals surface area (Å²) < 4.78 is 16.5. The second-order valence-electron chi connectivity index (χ2n) is 4.96. The number of rotatable bonds is 11. The van der Waals surface area contributed by atoms with Crippen molar-refractivity contribution in [1.29, 1.82) is 0 Å². The first-order valence-electron chi connectivity index (χ1n) is 6.45. The molecule has 0 spiro atoms. The van der Waals surface area contributed by atoms with E-state index in [1.807, 2.05) is 20.8 Å². The van der Waals surface area contributed by atoms with Crippen molar-refractivity contribution in [3.63, 3.8) is 0 Å². The summed E-state index contributed by atoms with van der Waals surface area (Å²) in [5.41, 5.74) is 16.9. The molecule has 0 saturated carbocycles. The van der Waals surface area contributed by atoms with Crippen LogP contribution in [0.3, 0.4) is 0 Å². The van der Waals surface area contributed by atoms with E-state index in [0.29, 0.717) is 33.0 Å². The van der Waals surface area contributed by atoms with E-state index >= 15 is 0 Å². The Hall–Kier alpha value is -0.240. The summed E-state index contributed by atoms with van der Waals surface area (Å²) in [5, 5.41) is 0. The van der Waals surface area contributed by atoms with Crippen molar-refractivity contribution in [2.24, 2.45) is 17.2 Å². The molecule has 6 N–H and O–H groups in total. The smallest absolute Gasteiger partial charge is 0.104 e. The molecular formula is C13H33N3O3. The van der Waals surface area contributed by atoms with Crippen LogP contribution in [0, 0.1) is 0 Å². The Kier molecular flexibility index (Phi) is 14.2. The molecule has 0 radical (unpaired) electrons. The summed E-state index contributed by atoms with van der Waals surface area (Å²) in [6.45, 7) is 8.07. The topological polar surface area (TPSA) is 106 Å². The fraction of sp³-hybridized carbons (Fsp3) is 1.00. The molecule has 0 saturated heterocycles. The molecule has 0 aromatic heterocycles. The largest absolute Gasteiger partial charge is 0.377 e. The molecule has 0 aliphatic carbocycles. The van der Waals surface area contributed by atoms with E-state index in [2.05, 4.69) is 0 Å². The standard InChI is InChI=1S/C12H29N3O3.CH4/c1-9(13)4-16-7-12(18-6-11(3)15)8-17-5-10(2)14;/h9-12H,4-8,13-15H2,1-3H3;1H4. The molecule has 0 fully saturated rings. The zero-order chi connectivity index (χ0) is 14.0. The molecule has 3 atom stereocenters. The number of hydrogen-bond donors (Lipinski definition) is 3. The van der Waals surface area contributed by atoms with Gasteiger partial charge in [0.1, 0.15) is 6.10 Å². The van der Waals surface area contributed by atoms with Crippen molar-refractivity contribution >= 4 is 0 Å². The molecule has 0 aromatic carbocycles. The van der Waals surface area contributed by atoms with Crippen molar-refractivity contribution in [1.82, 2.24) is 0 Å². The highest BCUT2D eigenvalue weighted by atomic mass is 16.6. The van der Waals surface area contributed by atoms with E-state index < -0.39 is 0 Å². The lowest BCUT2D eigenvalue weighted by atomic mass is 10.3. The minimum Gasteiger partial charge on any atom is -0.377 e. The quantitative estimate of drug-likeness (QED) is 0.495. The van der Waals surface area contributed by atoms with Crippen LogP contribution in [0.2, 0.25) is 0 Å². The molecule has 3 unspecified atom stereocenters. The van der Waals surface area contributed by atoms with Gasteiger partial charge in [0, 0.05) is 18.1 Å². The second kappa shape index (κ2) is 12.8. The zero-order valence-electron chi connectivity index (χ0n) is 11.8. The van der Waals surface area contributed by atoms with Gasteiger partial charge in [0.25, 0.3) is 0 Å². The Morgan fingerprint density at radius 3 is 1.37 bits per heavy atom. The first kappa shape index (κ1) is 21.1. The molecule has 118 valence electrons. The van der Waals surface area contributed by atoms with Crippen LogP contribution in [0.1, 0.15) is 28.2 Å². The zero-order valence-corrected chi connectivity index (χ0v) is 11.8. The number of hydrogen-bond acceptors (Lipinski definition) is 6. The molecule has 0 amide bonds. The van der Waals surface area contributed by atoms with E-state index in [-0.39, 0.29) is 31.7 Å². The predicted octanol–water partition coefficient (Wildman–Crippen LogP) is 0.0825. The Balaban J connectivity index is 0. The average Bonchev–Trinajstić information content (AvgIpc) is 2.24. The third-order valence-electron chi connectivity index (χ3n) is 1.96. The first-order valence-corrected chi connectivity index (χ1v) is 6.45. The van der Waals surface area contributed by atoms with Gasteiger partial charge in [-0.3, -0.25) is 0 Å². The van der Waals surface area contributed by atoms with Gasteiger partial charge in [0.05, 0.1) is 33.0 Å². The molecule has 0 aliphatic rings. The van der Waals surface area contributed by atoms with Gasteiger partial charge in [0.15, 0.2) is 0 Å². The van der Waals surface area contributed by atoms with Gasteiger partial charge in [-0.25, -0.2) is 0 Å². The van der Waals surface area contributed by atoms with Gasteiger partial charge in [-0.15, -0.1) is 0 Å². The van der Waals surface area contributed by atoms with Gasteiger partial charge >= 0.3 is 0 Å². The van der Waals surface area contributed by atoms with Crippen LogP contribution < -0.4 is 17.2 Å². The van der Waals surface area contributed by atoms with Gasteiger partial charge < -0.3 is 31.4 Å². The lowest BCUT2D eigenvalue weighted by molar-refractivity contribution is -0.0644. The highest BCUT2D eigenvalue weighted by molar-refractivity contribution is 4.61. The average molecular weight is 279 g/mol. The van der Waals surface area contributed by atoms with Crippen molar-refractivity contribution in [3.05, 3.63) is 0 Å². The van der Waals surface area contributed by atoms with Crippen molar-refractivity contribution in [2.45, 2.75) is 52.4 Å². The lowest BCUT2D eigenvalue weighted by Crippen LogP contribution is -2.34. The minimum absolute atomic E-state index is 0. The van der Waals surface area contributed by atoms with Crippen LogP contribution in [-0.4, -0.2) is 57.3 Å². The lowest BCUT2D eigenvalue weighted by Gasteiger charge is -2.20. The van der Waals surface area contributed by atoms with Crippen LogP contribution in [0.4, 0.5) is 0 Å². The monoisotopic (exact) mass is 279 g/mol. The highest BCUT2D eigenvalue weighted by Crippen LogP contribution is 1.98. The summed E-state index contributed by atoms with van der Waals surface area (Å²) in [4.78, 5) is 0. The van der Waals surface area contributed by atoms with Crippen LogP contribution in [0.25, 0.3) is 0 Å². The normalized spacial score (nSPS) is 17.4. The predicted molar refractivity (Wildman–Crippen MR) is 79.1 cm³/mol. The van der Waals surface area contributed by atoms with Gasteiger partial charge in [0.2, 0.25) is 0 Å². The Bertz CT molecular complexity index is 176. The van der Waals surface area contributed by atoms with Crippen LogP contribution in [0.15, 0.2) is 0 Å². The molecule has 0 bridgehead atoms. The van der Waals surface area contributed by atoms with E-state index in [0.717, 1.165) is 0 Å². The minimum atomic E-state index is -0.131. The third-order valence-corrected chi connectivity index (χ3v) is 1.96. The van der Waals surface area contributed by atoms with Gasteiger partial charge in [-0.2, -0.15) is 0 Å². The highest BCUT2D eigenvalue weighted by Gasteiger charge is 2.12. The van der Waals surface area contributed by atoms with Crippen LogP contribution in [0.5, 0.6) is 0 Å². The fourth-order valence-electron chi connectivity index (χ4n) is 1.20. The van der Waals surface area contributed by atoms with E-state index in [4.69, 9.17) is 31.4 Å². The summed E-state index contributed by atoms with van der Waals surface area (Å²) in [5.74, 6) is 0. The third kappa shape index (κ3) is 15.7. The molecule has 6 heteroatoms. The first-order chi connectivity index (χ1) is 8.41. The maximum atomic E-state index is 5.65. The Morgan fingerprint density at radius 1 is 0.684 bits per heavy atom. The SMILES string of the molecule is C.CC(N)COCC(COCC(C)N)OCC(C)N. The summed E-state index contributed by atoms with van der Waals surface area (Å²) in [6, 6.07) is 0.0301. The van der Waals surface area contributed by atoms with Crippen molar-refractivity contribution in [3.8, 4) is 0 Å². The summed E-state index contributed by atoms with van der Waals surface area (Å²) in [7, 11) is 0. The maximum Gasteiger partial charge on any atom is 0.104 e. The Labute approximate surface area is 117 Å². The number of ether oxygens (including phenoxy) is 3. The maximum absolute atomic E-state index is 5.65. The van der Waals surface area contributed by atoms with Gasteiger partial charge in [-0.1, -0.05) is 7.43 Å². The fourth-order valence-corrected chi connectivity index (χ4v) is 1.20.